The average Bonchev–Trinajstić information content (AvgIpc) is 2.67. The molecule has 18 heavy (non-hydrogen) atoms. The van der Waals surface area contributed by atoms with E-state index in [-0.39, 0.29) is 5.41 Å². The summed E-state index contributed by atoms with van der Waals surface area (Å²) in [5.74, 6) is 0.680. The summed E-state index contributed by atoms with van der Waals surface area (Å²) in [6.45, 7) is 3.51. The molecule has 1 aliphatic carbocycles. The molecule has 2 heterocycles. The minimum absolute atomic E-state index is 0.150. The van der Waals surface area contributed by atoms with Crippen molar-refractivity contribution in [2.45, 2.75) is 43.6 Å². The largest absolute Gasteiger partial charge is 0.313 e. The number of rotatable bonds is 0. The van der Waals surface area contributed by atoms with Crippen molar-refractivity contribution in [3.63, 3.8) is 0 Å². The Morgan fingerprint density at radius 3 is 3.22 bits per heavy atom. The van der Waals surface area contributed by atoms with Gasteiger partial charge in [-0.05, 0) is 55.0 Å². The second kappa shape index (κ2) is 3.67. The number of aliphatic imine (C=N–C) groups is 1. The van der Waals surface area contributed by atoms with Gasteiger partial charge in [0.2, 0.25) is 0 Å². The van der Waals surface area contributed by atoms with Crippen LogP contribution in [-0.2, 0) is 5.41 Å². The standard InChI is InChI=1S/C15H17BrN2/c1-15-7-13-10(3-2-4-17-13)11-5-9(16)6-12(14(11)15)18-8-15/h5-6,8,10,13,17H,2-4,7H2,1H3/t10?,13-,15?/m1/s1. The van der Waals surface area contributed by atoms with Crippen LogP contribution < -0.4 is 5.32 Å². The summed E-state index contributed by atoms with van der Waals surface area (Å²) >= 11 is 3.64. The van der Waals surface area contributed by atoms with E-state index in [4.69, 9.17) is 0 Å². The predicted octanol–water partition coefficient (Wildman–Crippen LogP) is 3.66. The average molecular weight is 305 g/mol. The third-order valence-electron chi connectivity index (χ3n) is 4.80. The molecule has 94 valence electrons. The molecular weight excluding hydrogens is 288 g/mol. The zero-order chi connectivity index (χ0) is 12.3. The predicted molar refractivity (Wildman–Crippen MR) is 78.0 cm³/mol. The second-order valence-corrected chi connectivity index (χ2v) is 6.99. The number of piperidine rings is 1. The Kier molecular flexibility index (Phi) is 2.28. The van der Waals surface area contributed by atoms with Crippen molar-refractivity contribution < 1.29 is 0 Å². The fraction of sp³-hybridized carbons (Fsp3) is 0.533. The van der Waals surface area contributed by atoms with Gasteiger partial charge in [-0.1, -0.05) is 22.9 Å². The van der Waals surface area contributed by atoms with E-state index in [1.54, 1.807) is 0 Å². The summed E-state index contributed by atoms with van der Waals surface area (Å²) in [6, 6.07) is 5.12. The van der Waals surface area contributed by atoms with Gasteiger partial charge in [-0.2, -0.15) is 0 Å². The minimum atomic E-state index is 0.150. The fourth-order valence-electron chi connectivity index (χ4n) is 4.06. The lowest BCUT2D eigenvalue weighted by Crippen LogP contribution is -2.48. The SMILES string of the molecule is CC12C=Nc3cc(Br)cc(c31)C1CCCN[C@@H]1C2. The first kappa shape index (κ1) is 11.2. The van der Waals surface area contributed by atoms with Gasteiger partial charge in [-0.15, -0.1) is 0 Å². The third-order valence-corrected chi connectivity index (χ3v) is 5.26. The topological polar surface area (TPSA) is 24.4 Å². The van der Waals surface area contributed by atoms with Crippen molar-refractivity contribution in [2.24, 2.45) is 4.99 Å². The molecule has 3 heteroatoms. The van der Waals surface area contributed by atoms with Gasteiger partial charge in [0.05, 0.1) is 5.69 Å². The Labute approximate surface area is 116 Å². The van der Waals surface area contributed by atoms with Crippen LogP contribution in [0.3, 0.4) is 0 Å². The van der Waals surface area contributed by atoms with Gasteiger partial charge < -0.3 is 5.32 Å². The molecule has 1 N–H and O–H groups in total. The summed E-state index contributed by atoms with van der Waals surface area (Å²) < 4.78 is 1.17. The Hall–Kier alpha value is -0.670. The Morgan fingerprint density at radius 2 is 2.33 bits per heavy atom. The first-order valence-electron chi connectivity index (χ1n) is 6.80. The normalized spacial score (nSPS) is 36.3. The summed E-state index contributed by atoms with van der Waals surface area (Å²) in [5, 5.41) is 3.72. The Balaban J connectivity index is 1.95. The van der Waals surface area contributed by atoms with Crippen molar-refractivity contribution in [1.82, 2.24) is 5.32 Å². The monoisotopic (exact) mass is 304 g/mol. The molecular formula is C15H17BrN2. The number of fused-ring (bicyclic) bond motifs is 2. The zero-order valence-corrected chi connectivity index (χ0v) is 12.1. The quantitative estimate of drug-likeness (QED) is 0.777. The molecule has 1 fully saturated rings. The summed E-state index contributed by atoms with van der Waals surface area (Å²) in [5.41, 5.74) is 4.36. The molecule has 1 aromatic rings. The van der Waals surface area contributed by atoms with Gasteiger partial charge in [-0.3, -0.25) is 4.99 Å². The van der Waals surface area contributed by atoms with Crippen LogP contribution in [0.2, 0.25) is 0 Å². The molecule has 0 saturated carbocycles. The van der Waals surface area contributed by atoms with Crippen molar-refractivity contribution in [2.75, 3.05) is 6.54 Å². The molecule has 0 bridgehead atoms. The van der Waals surface area contributed by atoms with E-state index in [9.17, 15) is 0 Å². The molecule has 2 unspecified atom stereocenters. The summed E-state index contributed by atoms with van der Waals surface area (Å²) in [7, 11) is 0. The zero-order valence-electron chi connectivity index (χ0n) is 10.5. The summed E-state index contributed by atoms with van der Waals surface area (Å²) in [4.78, 5) is 4.66. The fourth-order valence-corrected chi connectivity index (χ4v) is 4.52. The summed E-state index contributed by atoms with van der Waals surface area (Å²) in [6.07, 6.45) is 5.97. The van der Waals surface area contributed by atoms with Crippen molar-refractivity contribution in [3.05, 3.63) is 27.7 Å². The van der Waals surface area contributed by atoms with Gasteiger partial charge in [0.25, 0.3) is 0 Å². The molecule has 0 spiro atoms. The van der Waals surface area contributed by atoms with E-state index in [0.717, 1.165) is 0 Å². The lowest BCUT2D eigenvalue weighted by atomic mass is 9.64. The highest BCUT2D eigenvalue weighted by atomic mass is 79.9. The van der Waals surface area contributed by atoms with E-state index < -0.39 is 0 Å². The highest BCUT2D eigenvalue weighted by Gasteiger charge is 2.45. The molecule has 0 aromatic heterocycles. The highest BCUT2D eigenvalue weighted by molar-refractivity contribution is 9.10. The highest BCUT2D eigenvalue weighted by Crippen LogP contribution is 2.52. The second-order valence-electron chi connectivity index (χ2n) is 6.08. The van der Waals surface area contributed by atoms with Crippen LogP contribution in [-0.4, -0.2) is 18.8 Å². The molecule has 0 amide bonds. The molecule has 3 atom stereocenters. The maximum Gasteiger partial charge on any atom is 0.0681 e. The number of halogens is 1. The first-order valence-corrected chi connectivity index (χ1v) is 7.59. The smallest absolute Gasteiger partial charge is 0.0681 e. The lowest BCUT2D eigenvalue weighted by Gasteiger charge is -2.44. The number of benzene rings is 1. The third kappa shape index (κ3) is 1.41. The van der Waals surface area contributed by atoms with Crippen LogP contribution in [0.5, 0.6) is 0 Å². The van der Waals surface area contributed by atoms with Gasteiger partial charge in [0.1, 0.15) is 0 Å². The van der Waals surface area contributed by atoms with E-state index in [0.29, 0.717) is 12.0 Å². The Bertz CT molecular complexity index is 552. The lowest BCUT2D eigenvalue weighted by molar-refractivity contribution is 0.286. The molecule has 1 saturated heterocycles. The van der Waals surface area contributed by atoms with Gasteiger partial charge in [0, 0.05) is 22.1 Å². The molecule has 4 rings (SSSR count). The van der Waals surface area contributed by atoms with E-state index in [1.165, 1.54) is 47.1 Å². The van der Waals surface area contributed by atoms with Crippen molar-refractivity contribution >= 4 is 27.8 Å². The van der Waals surface area contributed by atoms with E-state index in [2.05, 4.69) is 51.5 Å². The Morgan fingerprint density at radius 1 is 1.44 bits per heavy atom. The van der Waals surface area contributed by atoms with Crippen molar-refractivity contribution in [3.8, 4) is 0 Å². The molecule has 1 aromatic carbocycles. The van der Waals surface area contributed by atoms with Crippen LogP contribution >= 0.6 is 15.9 Å². The van der Waals surface area contributed by atoms with E-state index >= 15 is 0 Å². The van der Waals surface area contributed by atoms with Gasteiger partial charge in [-0.25, -0.2) is 0 Å². The van der Waals surface area contributed by atoms with Gasteiger partial charge >= 0.3 is 0 Å². The molecule has 3 aliphatic rings. The van der Waals surface area contributed by atoms with Crippen LogP contribution in [0.4, 0.5) is 5.69 Å². The molecule has 0 radical (unpaired) electrons. The maximum atomic E-state index is 4.66. The van der Waals surface area contributed by atoms with Crippen LogP contribution in [0, 0.1) is 0 Å². The number of nitrogens with one attached hydrogen (secondary N) is 1. The maximum absolute atomic E-state index is 4.66. The van der Waals surface area contributed by atoms with Crippen LogP contribution in [0.15, 0.2) is 21.6 Å². The van der Waals surface area contributed by atoms with Crippen molar-refractivity contribution in [1.29, 1.82) is 0 Å². The number of hydrogen-bond donors (Lipinski definition) is 1. The van der Waals surface area contributed by atoms with Crippen LogP contribution in [0.1, 0.15) is 43.2 Å². The van der Waals surface area contributed by atoms with E-state index in [1.807, 2.05) is 0 Å². The molecule has 2 nitrogen and oxygen atoms in total. The van der Waals surface area contributed by atoms with Gasteiger partial charge in [0.15, 0.2) is 0 Å². The first-order chi connectivity index (χ1) is 8.67. The van der Waals surface area contributed by atoms with Crippen LogP contribution in [0.25, 0.3) is 0 Å². The molecule has 2 aliphatic heterocycles. The number of hydrogen-bond acceptors (Lipinski definition) is 2. The number of nitrogens with zero attached hydrogens (tertiary/aromatic N) is 1. The minimum Gasteiger partial charge on any atom is -0.313 e.